The summed E-state index contributed by atoms with van der Waals surface area (Å²) in [5.74, 6) is -0.279. The molecule has 0 aromatic heterocycles. The highest BCUT2D eigenvalue weighted by molar-refractivity contribution is 5.29. The summed E-state index contributed by atoms with van der Waals surface area (Å²) in [6.07, 6.45) is 2.59. The molecule has 0 heterocycles. The zero-order valence-corrected chi connectivity index (χ0v) is 9.91. The van der Waals surface area contributed by atoms with Crippen molar-refractivity contribution in [2.24, 2.45) is 5.41 Å². The molecule has 1 fully saturated rings. The van der Waals surface area contributed by atoms with Crippen molar-refractivity contribution in [1.82, 2.24) is 0 Å². The van der Waals surface area contributed by atoms with Crippen molar-refractivity contribution in [3.8, 4) is 6.07 Å². The summed E-state index contributed by atoms with van der Waals surface area (Å²) in [6, 6.07) is 6.83. The largest absolute Gasteiger partial charge is 0.387 e. The third-order valence-electron chi connectivity index (χ3n) is 3.74. The molecule has 17 heavy (non-hydrogen) atoms. The topological polar surface area (TPSA) is 44.0 Å². The van der Waals surface area contributed by atoms with Crippen LogP contribution in [0.2, 0.25) is 0 Å². The first-order valence-electron chi connectivity index (χ1n) is 5.94. The molecular weight excluding hydrogens is 217 g/mol. The smallest absolute Gasteiger partial charge is 0.126 e. The fourth-order valence-electron chi connectivity index (χ4n) is 2.61. The molecule has 0 bridgehead atoms. The van der Waals surface area contributed by atoms with Crippen molar-refractivity contribution >= 4 is 0 Å². The van der Waals surface area contributed by atoms with Crippen molar-refractivity contribution in [2.45, 2.75) is 38.7 Å². The Kier molecular flexibility index (Phi) is 3.17. The summed E-state index contributed by atoms with van der Waals surface area (Å²) < 4.78 is 13.2. The Balaban J connectivity index is 2.33. The van der Waals surface area contributed by atoms with Crippen LogP contribution in [0.3, 0.4) is 0 Å². The van der Waals surface area contributed by atoms with Crippen LogP contribution in [0.4, 0.5) is 4.39 Å². The van der Waals surface area contributed by atoms with Gasteiger partial charge in [-0.1, -0.05) is 25.0 Å². The van der Waals surface area contributed by atoms with Gasteiger partial charge in [0.1, 0.15) is 5.82 Å². The van der Waals surface area contributed by atoms with Crippen molar-refractivity contribution in [3.63, 3.8) is 0 Å². The number of halogens is 1. The number of rotatable bonds is 2. The number of aliphatic hydroxyl groups is 1. The molecule has 2 nitrogen and oxygen atoms in total. The van der Waals surface area contributed by atoms with Gasteiger partial charge in [-0.15, -0.1) is 0 Å². The van der Waals surface area contributed by atoms with Gasteiger partial charge in [0.2, 0.25) is 0 Å². The van der Waals surface area contributed by atoms with Crippen LogP contribution in [0.15, 0.2) is 18.2 Å². The Morgan fingerprint density at radius 1 is 1.41 bits per heavy atom. The SMILES string of the molecule is Cc1cc(C(O)C2(C#N)CCCC2)ccc1F. The maximum Gasteiger partial charge on any atom is 0.126 e. The van der Waals surface area contributed by atoms with E-state index in [-0.39, 0.29) is 5.82 Å². The van der Waals surface area contributed by atoms with Gasteiger partial charge in [-0.2, -0.15) is 5.26 Å². The van der Waals surface area contributed by atoms with Gasteiger partial charge in [-0.05, 0) is 37.0 Å². The Morgan fingerprint density at radius 3 is 2.59 bits per heavy atom. The van der Waals surface area contributed by atoms with Crippen molar-refractivity contribution in [1.29, 1.82) is 5.26 Å². The lowest BCUT2D eigenvalue weighted by Crippen LogP contribution is -2.24. The molecule has 1 atom stereocenters. The van der Waals surface area contributed by atoms with E-state index < -0.39 is 11.5 Å². The maximum atomic E-state index is 13.2. The molecule has 1 aromatic carbocycles. The summed E-state index contributed by atoms with van der Waals surface area (Å²) in [7, 11) is 0. The van der Waals surface area contributed by atoms with Crippen LogP contribution in [0.25, 0.3) is 0 Å². The van der Waals surface area contributed by atoms with Crippen LogP contribution in [-0.2, 0) is 0 Å². The number of nitrogens with zero attached hydrogens (tertiary/aromatic N) is 1. The number of nitriles is 1. The van der Waals surface area contributed by atoms with Gasteiger partial charge in [0.25, 0.3) is 0 Å². The van der Waals surface area contributed by atoms with Crippen molar-refractivity contribution < 1.29 is 9.50 Å². The summed E-state index contributed by atoms with van der Waals surface area (Å²) in [4.78, 5) is 0. The predicted octanol–water partition coefficient (Wildman–Crippen LogP) is 3.25. The maximum absolute atomic E-state index is 13.2. The quantitative estimate of drug-likeness (QED) is 0.852. The van der Waals surface area contributed by atoms with E-state index in [0.29, 0.717) is 11.1 Å². The van der Waals surface area contributed by atoms with Gasteiger partial charge >= 0.3 is 0 Å². The van der Waals surface area contributed by atoms with E-state index in [1.54, 1.807) is 19.1 Å². The van der Waals surface area contributed by atoms with Gasteiger partial charge in [-0.25, -0.2) is 4.39 Å². The van der Waals surface area contributed by atoms with Crippen LogP contribution in [-0.4, -0.2) is 5.11 Å². The Hall–Kier alpha value is -1.40. The minimum Gasteiger partial charge on any atom is -0.387 e. The molecule has 0 spiro atoms. The highest BCUT2D eigenvalue weighted by Gasteiger charge is 2.41. The van der Waals surface area contributed by atoms with Crippen LogP contribution in [0.1, 0.15) is 42.9 Å². The number of aryl methyl sites for hydroxylation is 1. The van der Waals surface area contributed by atoms with Crippen LogP contribution < -0.4 is 0 Å². The molecule has 1 aliphatic carbocycles. The number of hydrogen-bond acceptors (Lipinski definition) is 2. The number of hydrogen-bond donors (Lipinski definition) is 1. The first-order valence-corrected chi connectivity index (χ1v) is 5.94. The second-order valence-corrected chi connectivity index (χ2v) is 4.89. The monoisotopic (exact) mass is 233 g/mol. The molecule has 90 valence electrons. The Labute approximate surface area is 101 Å². The first-order chi connectivity index (χ1) is 8.09. The molecule has 0 radical (unpaired) electrons. The summed E-state index contributed by atoms with van der Waals surface area (Å²) in [5, 5.41) is 19.6. The normalized spacial score (nSPS) is 19.9. The van der Waals surface area contributed by atoms with Crippen molar-refractivity contribution in [2.75, 3.05) is 0 Å². The first kappa shape index (κ1) is 12.1. The zero-order valence-electron chi connectivity index (χ0n) is 9.91. The summed E-state index contributed by atoms with van der Waals surface area (Å²) >= 11 is 0. The van der Waals surface area contributed by atoms with Gasteiger partial charge < -0.3 is 5.11 Å². The van der Waals surface area contributed by atoms with Crippen LogP contribution in [0.5, 0.6) is 0 Å². The molecule has 3 heteroatoms. The van der Waals surface area contributed by atoms with E-state index in [2.05, 4.69) is 6.07 Å². The molecule has 0 amide bonds. The molecule has 0 saturated heterocycles. The molecular formula is C14H16FNO. The molecule has 1 unspecified atom stereocenters. The zero-order chi connectivity index (χ0) is 12.5. The van der Waals surface area contributed by atoms with E-state index in [9.17, 15) is 14.8 Å². The molecule has 0 aliphatic heterocycles. The Bertz CT molecular complexity index is 458. The lowest BCUT2D eigenvalue weighted by atomic mass is 9.78. The van der Waals surface area contributed by atoms with E-state index in [0.717, 1.165) is 25.7 Å². The predicted molar refractivity (Wildman–Crippen MR) is 62.6 cm³/mol. The number of aliphatic hydroxyl groups excluding tert-OH is 1. The van der Waals surface area contributed by atoms with Crippen molar-refractivity contribution in [3.05, 3.63) is 35.1 Å². The number of benzene rings is 1. The minimum atomic E-state index is -0.811. The van der Waals surface area contributed by atoms with Crippen LogP contribution in [0, 0.1) is 29.5 Å². The average molecular weight is 233 g/mol. The van der Waals surface area contributed by atoms with Gasteiger partial charge in [-0.3, -0.25) is 0 Å². The fraction of sp³-hybridized carbons (Fsp3) is 0.500. The second kappa shape index (κ2) is 4.46. The van der Waals surface area contributed by atoms with Gasteiger partial charge in [0.15, 0.2) is 0 Å². The highest BCUT2D eigenvalue weighted by atomic mass is 19.1. The van der Waals surface area contributed by atoms with E-state index in [4.69, 9.17) is 0 Å². The standard InChI is InChI=1S/C14H16FNO/c1-10-8-11(4-5-12(10)15)13(17)14(9-16)6-2-3-7-14/h4-5,8,13,17H,2-3,6-7H2,1H3. The summed E-state index contributed by atoms with van der Waals surface area (Å²) in [5.41, 5.74) is 0.476. The molecule has 2 rings (SSSR count). The van der Waals surface area contributed by atoms with E-state index in [1.807, 2.05) is 0 Å². The Morgan fingerprint density at radius 2 is 2.06 bits per heavy atom. The average Bonchev–Trinajstić information content (AvgIpc) is 2.81. The molecule has 1 aliphatic rings. The second-order valence-electron chi connectivity index (χ2n) is 4.89. The van der Waals surface area contributed by atoms with E-state index in [1.165, 1.54) is 6.07 Å². The minimum absolute atomic E-state index is 0.279. The fourth-order valence-corrected chi connectivity index (χ4v) is 2.61. The lowest BCUT2D eigenvalue weighted by Gasteiger charge is -2.27. The van der Waals surface area contributed by atoms with Gasteiger partial charge in [0, 0.05) is 0 Å². The van der Waals surface area contributed by atoms with Crippen LogP contribution >= 0.6 is 0 Å². The summed E-state index contributed by atoms with van der Waals surface area (Å²) in [6.45, 7) is 1.67. The van der Waals surface area contributed by atoms with Gasteiger partial charge in [0.05, 0.1) is 17.6 Å². The van der Waals surface area contributed by atoms with E-state index >= 15 is 0 Å². The highest BCUT2D eigenvalue weighted by Crippen LogP contribution is 2.47. The molecule has 1 aromatic rings. The third-order valence-corrected chi connectivity index (χ3v) is 3.74. The third kappa shape index (κ3) is 2.05. The molecule has 1 saturated carbocycles. The molecule has 1 N–H and O–H groups in total. The lowest BCUT2D eigenvalue weighted by molar-refractivity contribution is 0.0670.